The molecule has 0 aliphatic carbocycles. The van der Waals surface area contributed by atoms with Crippen LogP contribution in [0.4, 0.5) is 0 Å². The molecule has 3 aliphatic heterocycles. The van der Waals surface area contributed by atoms with Gasteiger partial charge in [-0.15, -0.1) is 0 Å². The van der Waals surface area contributed by atoms with E-state index < -0.39 is 0 Å². The van der Waals surface area contributed by atoms with Crippen LogP contribution in [-0.4, -0.2) is 76.9 Å². The average Bonchev–Trinajstić information content (AvgIpc) is 3.37. The Morgan fingerprint density at radius 2 is 1.91 bits per heavy atom. The van der Waals surface area contributed by atoms with E-state index in [1.165, 1.54) is 5.56 Å². The van der Waals surface area contributed by atoms with Crippen molar-refractivity contribution in [2.24, 2.45) is 11.8 Å². The van der Waals surface area contributed by atoms with Crippen molar-refractivity contribution < 1.29 is 14.3 Å². The molecule has 0 bridgehead atoms. The molecule has 2 atom stereocenters. The second-order valence-electron chi connectivity index (χ2n) is 9.48. The lowest BCUT2D eigenvalue weighted by molar-refractivity contribution is -0.135. The number of carbonyl (C=O) groups excluding carboxylic acids is 2. The third-order valence-corrected chi connectivity index (χ3v) is 7.91. The summed E-state index contributed by atoms with van der Waals surface area (Å²) < 4.78 is 5.21. The van der Waals surface area contributed by atoms with Gasteiger partial charge in [-0.1, -0.05) is 6.07 Å². The van der Waals surface area contributed by atoms with E-state index in [1.54, 1.807) is 13.3 Å². The highest BCUT2D eigenvalue weighted by molar-refractivity contribution is 5.94. The zero-order valence-electron chi connectivity index (χ0n) is 19.4. The van der Waals surface area contributed by atoms with E-state index in [0.717, 1.165) is 44.8 Å². The Kier molecular flexibility index (Phi) is 5.83. The number of hydrogen-bond acceptors (Lipinski definition) is 5. The number of rotatable bonds is 5. The molecule has 4 heterocycles. The van der Waals surface area contributed by atoms with E-state index in [2.05, 4.69) is 27.8 Å². The van der Waals surface area contributed by atoms with Crippen molar-refractivity contribution in [1.29, 1.82) is 0 Å². The summed E-state index contributed by atoms with van der Waals surface area (Å²) in [5.74, 6) is 1.48. The highest BCUT2D eigenvalue weighted by Gasteiger charge is 2.61. The predicted octanol–water partition coefficient (Wildman–Crippen LogP) is 2.68. The molecular weight excluding hydrogens is 416 g/mol. The van der Waals surface area contributed by atoms with Gasteiger partial charge in [0.15, 0.2) is 0 Å². The fourth-order valence-electron chi connectivity index (χ4n) is 6.30. The second-order valence-corrected chi connectivity index (χ2v) is 9.48. The molecule has 3 saturated heterocycles. The highest BCUT2D eigenvalue weighted by atomic mass is 16.5. The van der Waals surface area contributed by atoms with Crippen LogP contribution in [0.1, 0.15) is 35.7 Å². The van der Waals surface area contributed by atoms with Gasteiger partial charge < -0.3 is 14.5 Å². The van der Waals surface area contributed by atoms with Crippen molar-refractivity contribution in [3.8, 4) is 5.75 Å². The number of fused-ring (bicyclic) bond motifs is 2. The van der Waals surface area contributed by atoms with Crippen molar-refractivity contribution in [1.82, 2.24) is 19.7 Å². The first-order chi connectivity index (χ1) is 16.1. The maximum Gasteiger partial charge on any atom is 0.253 e. The van der Waals surface area contributed by atoms with Crippen LogP contribution in [-0.2, 0) is 11.3 Å². The Morgan fingerprint density at radius 3 is 2.55 bits per heavy atom. The molecule has 0 N–H and O–H groups in total. The molecule has 1 aromatic heterocycles. The van der Waals surface area contributed by atoms with Gasteiger partial charge in [0.25, 0.3) is 5.91 Å². The van der Waals surface area contributed by atoms with Crippen molar-refractivity contribution in [3.05, 3.63) is 59.9 Å². The number of nitrogens with zero attached hydrogens (tertiary/aromatic N) is 4. The molecule has 7 heteroatoms. The van der Waals surface area contributed by atoms with Crippen LogP contribution < -0.4 is 4.74 Å². The van der Waals surface area contributed by atoms with Crippen molar-refractivity contribution in [2.75, 3.05) is 39.8 Å². The highest BCUT2D eigenvalue weighted by Crippen LogP contribution is 2.49. The minimum Gasteiger partial charge on any atom is -0.497 e. The summed E-state index contributed by atoms with van der Waals surface area (Å²) in [6.45, 7) is 6.75. The van der Waals surface area contributed by atoms with Gasteiger partial charge in [0.05, 0.1) is 18.6 Å². The maximum atomic E-state index is 13.4. The van der Waals surface area contributed by atoms with Crippen molar-refractivity contribution >= 4 is 11.8 Å². The van der Waals surface area contributed by atoms with Gasteiger partial charge in [-0.05, 0) is 55.7 Å². The summed E-state index contributed by atoms with van der Waals surface area (Å²) in [6.07, 6.45) is 5.39. The Hall–Kier alpha value is -2.93. The molecule has 174 valence electrons. The molecule has 3 aliphatic rings. The number of pyridine rings is 1. The first kappa shape index (κ1) is 21.9. The van der Waals surface area contributed by atoms with Gasteiger partial charge in [-0.3, -0.25) is 19.5 Å². The van der Waals surface area contributed by atoms with Gasteiger partial charge in [0.2, 0.25) is 5.91 Å². The van der Waals surface area contributed by atoms with Crippen molar-refractivity contribution in [2.45, 2.75) is 31.8 Å². The number of piperidine rings is 1. The van der Waals surface area contributed by atoms with Crippen LogP contribution >= 0.6 is 0 Å². The van der Waals surface area contributed by atoms with Crippen molar-refractivity contribution in [3.63, 3.8) is 0 Å². The van der Waals surface area contributed by atoms with Gasteiger partial charge >= 0.3 is 0 Å². The number of benzene rings is 1. The summed E-state index contributed by atoms with van der Waals surface area (Å²) in [5, 5.41) is 0. The number of ether oxygens (including phenoxy) is 1. The Morgan fingerprint density at radius 1 is 1.15 bits per heavy atom. The zero-order chi connectivity index (χ0) is 23.0. The molecule has 0 saturated carbocycles. The quantitative estimate of drug-likeness (QED) is 0.704. The third-order valence-electron chi connectivity index (χ3n) is 7.91. The van der Waals surface area contributed by atoms with E-state index in [9.17, 15) is 9.59 Å². The van der Waals surface area contributed by atoms with E-state index >= 15 is 0 Å². The third kappa shape index (κ3) is 3.78. The molecule has 3 fully saturated rings. The monoisotopic (exact) mass is 448 g/mol. The molecular formula is C26H32N4O3. The van der Waals surface area contributed by atoms with Gasteiger partial charge in [0.1, 0.15) is 5.75 Å². The molecule has 0 radical (unpaired) electrons. The number of hydrogen-bond donors (Lipinski definition) is 0. The minimum absolute atomic E-state index is 0.0565. The van der Waals surface area contributed by atoms with Crippen LogP contribution in [0.3, 0.4) is 0 Å². The van der Waals surface area contributed by atoms with E-state index in [-0.39, 0.29) is 17.4 Å². The zero-order valence-corrected chi connectivity index (χ0v) is 19.4. The molecule has 7 nitrogen and oxygen atoms in total. The average molecular weight is 449 g/mol. The molecule has 1 spiro atoms. The molecule has 1 aromatic carbocycles. The SMILES string of the molecule is CCN1C(=O)[C@@H]2CN(Cc3cccnc3)C[C@@H]2C12CCN(C(=O)c1ccc(OC)cc1)CC2. The largest absolute Gasteiger partial charge is 0.497 e. The van der Waals surface area contributed by atoms with Crippen LogP contribution in [0.5, 0.6) is 5.75 Å². The van der Waals surface area contributed by atoms with Gasteiger partial charge in [-0.2, -0.15) is 0 Å². The van der Waals surface area contributed by atoms with Crippen LogP contribution in [0.2, 0.25) is 0 Å². The molecule has 0 unspecified atom stereocenters. The Bertz CT molecular complexity index is 1000. The summed E-state index contributed by atoms with van der Waals surface area (Å²) in [7, 11) is 1.62. The molecule has 33 heavy (non-hydrogen) atoms. The van der Waals surface area contributed by atoms with Gasteiger partial charge in [0, 0.05) is 63.1 Å². The fraction of sp³-hybridized carbons (Fsp3) is 0.500. The lowest BCUT2D eigenvalue weighted by atomic mass is 9.74. The van der Waals surface area contributed by atoms with Gasteiger partial charge in [-0.25, -0.2) is 0 Å². The number of carbonyl (C=O) groups is 2. The summed E-state index contributed by atoms with van der Waals surface area (Å²) >= 11 is 0. The standard InChI is InChI=1S/C26H32N4O3/c1-3-30-25(32)22-17-28(16-19-5-4-12-27-15-19)18-23(22)26(30)10-13-29(14-11-26)24(31)20-6-8-21(33-2)9-7-20/h4-9,12,15,22-23H,3,10-11,13-14,16-18H2,1-2H3/t22-,23+/m1/s1. The topological polar surface area (TPSA) is 66.0 Å². The number of methoxy groups -OCH3 is 1. The smallest absolute Gasteiger partial charge is 0.253 e. The minimum atomic E-state index is -0.142. The number of aromatic nitrogens is 1. The summed E-state index contributed by atoms with van der Waals surface area (Å²) in [6, 6.07) is 11.4. The van der Waals surface area contributed by atoms with Crippen LogP contribution in [0.25, 0.3) is 0 Å². The summed E-state index contributed by atoms with van der Waals surface area (Å²) in [4.78, 5) is 37.2. The summed E-state index contributed by atoms with van der Waals surface area (Å²) in [5.41, 5.74) is 1.73. The lowest BCUT2D eigenvalue weighted by Gasteiger charge is -2.47. The van der Waals surface area contributed by atoms with Crippen LogP contribution in [0.15, 0.2) is 48.8 Å². The van der Waals surface area contributed by atoms with E-state index in [1.807, 2.05) is 41.4 Å². The van der Waals surface area contributed by atoms with E-state index in [4.69, 9.17) is 4.74 Å². The first-order valence-electron chi connectivity index (χ1n) is 11.9. The molecule has 2 amide bonds. The van der Waals surface area contributed by atoms with E-state index in [0.29, 0.717) is 30.5 Å². The molecule has 2 aromatic rings. The second kappa shape index (κ2) is 8.78. The predicted molar refractivity (Wildman–Crippen MR) is 125 cm³/mol. The Balaban J connectivity index is 1.30. The Labute approximate surface area is 195 Å². The number of amides is 2. The fourth-order valence-corrected chi connectivity index (χ4v) is 6.30. The lowest BCUT2D eigenvalue weighted by Crippen LogP contribution is -2.57. The maximum absolute atomic E-state index is 13.4. The number of likely N-dealkylation sites (tertiary alicyclic amines) is 3. The first-order valence-corrected chi connectivity index (χ1v) is 11.9. The van der Waals surface area contributed by atoms with Crippen LogP contribution in [0, 0.1) is 11.8 Å². The normalized spacial score (nSPS) is 24.4. The molecule has 5 rings (SSSR count).